The van der Waals surface area contributed by atoms with Crippen LogP contribution in [0.1, 0.15) is 25.7 Å². The number of rotatable bonds is 5. The van der Waals surface area contributed by atoms with Crippen molar-refractivity contribution in [3.05, 3.63) is 0 Å². The molecular weight excluding hydrogens is 258 g/mol. The van der Waals surface area contributed by atoms with Crippen LogP contribution in [-0.2, 0) is 0 Å². The minimum absolute atomic E-state index is 0.137. The largest absolute Gasteiger partial charge is 0.393 e. The zero-order chi connectivity index (χ0) is 13.9. The maximum absolute atomic E-state index is 9.28. The number of hydrogen-bond donors (Lipinski definition) is 4. The number of nitrogen functional groups attached to an aromatic ring is 1. The first-order chi connectivity index (χ1) is 9.74. The van der Waals surface area contributed by atoms with E-state index in [1.54, 1.807) is 0 Å². The van der Waals surface area contributed by atoms with E-state index in [-0.39, 0.29) is 6.10 Å². The molecule has 0 atom stereocenters. The van der Waals surface area contributed by atoms with Gasteiger partial charge in [-0.2, -0.15) is 15.0 Å². The first kappa shape index (κ1) is 13.3. The zero-order valence-electron chi connectivity index (χ0n) is 11.4. The van der Waals surface area contributed by atoms with Gasteiger partial charge in [0.25, 0.3) is 0 Å². The molecule has 8 heteroatoms. The van der Waals surface area contributed by atoms with Crippen LogP contribution in [0.4, 0.5) is 17.8 Å². The maximum Gasteiger partial charge on any atom is 0.243 e. The van der Waals surface area contributed by atoms with Gasteiger partial charge in [-0.15, -0.1) is 0 Å². The van der Waals surface area contributed by atoms with Crippen molar-refractivity contribution < 1.29 is 5.11 Å². The third kappa shape index (κ3) is 2.91. The van der Waals surface area contributed by atoms with Crippen LogP contribution in [0.3, 0.4) is 0 Å². The smallest absolute Gasteiger partial charge is 0.243 e. The van der Waals surface area contributed by atoms with Crippen LogP contribution < -0.4 is 21.5 Å². The van der Waals surface area contributed by atoms with Gasteiger partial charge in [-0.25, -0.2) is 5.84 Å². The lowest BCUT2D eigenvalue weighted by Gasteiger charge is -2.31. The number of aromatic nitrogens is 3. The molecule has 1 saturated carbocycles. The molecular formula is C12H21N7O. The molecule has 1 aromatic rings. The fourth-order valence-corrected chi connectivity index (χ4v) is 2.67. The fraction of sp³-hybridized carbons (Fsp3) is 0.750. The van der Waals surface area contributed by atoms with Gasteiger partial charge in [-0.1, -0.05) is 0 Å². The summed E-state index contributed by atoms with van der Waals surface area (Å²) >= 11 is 0. The number of nitrogens with two attached hydrogens (primary N) is 1. The summed E-state index contributed by atoms with van der Waals surface area (Å²) in [7, 11) is 0. The van der Waals surface area contributed by atoms with Crippen molar-refractivity contribution in [2.24, 2.45) is 11.8 Å². The first-order valence-corrected chi connectivity index (χ1v) is 7.14. The van der Waals surface area contributed by atoms with E-state index in [0.29, 0.717) is 23.8 Å². The van der Waals surface area contributed by atoms with Crippen LogP contribution in [0.2, 0.25) is 0 Å². The molecule has 0 bridgehead atoms. The predicted octanol–water partition coefficient (Wildman–Crippen LogP) is -0.0598. The zero-order valence-corrected chi connectivity index (χ0v) is 11.4. The van der Waals surface area contributed by atoms with Crippen LogP contribution in [0.15, 0.2) is 0 Å². The minimum atomic E-state index is -0.137. The first-order valence-electron chi connectivity index (χ1n) is 7.14. The van der Waals surface area contributed by atoms with Crippen molar-refractivity contribution in [2.75, 3.05) is 35.3 Å². The maximum atomic E-state index is 9.28. The third-order valence-corrected chi connectivity index (χ3v) is 3.90. The molecule has 2 heterocycles. The van der Waals surface area contributed by atoms with Crippen LogP contribution in [0.25, 0.3) is 0 Å². The van der Waals surface area contributed by atoms with E-state index in [1.165, 1.54) is 12.8 Å². The molecule has 3 rings (SSSR count). The quantitative estimate of drug-likeness (QED) is 0.438. The Balaban J connectivity index is 1.67. The van der Waals surface area contributed by atoms with Crippen LogP contribution in [0, 0.1) is 5.92 Å². The molecule has 0 unspecified atom stereocenters. The van der Waals surface area contributed by atoms with Gasteiger partial charge in [0.15, 0.2) is 0 Å². The summed E-state index contributed by atoms with van der Waals surface area (Å²) in [4.78, 5) is 15.1. The minimum Gasteiger partial charge on any atom is -0.393 e. The lowest BCUT2D eigenvalue weighted by molar-refractivity contribution is 0.0486. The number of aliphatic hydroxyl groups excluding tert-OH is 1. The molecule has 0 aromatic carbocycles. The molecule has 5 N–H and O–H groups in total. The normalized spacial score (nSPS) is 25.4. The Morgan fingerprint density at radius 2 is 1.85 bits per heavy atom. The molecule has 2 aliphatic rings. The van der Waals surface area contributed by atoms with Crippen molar-refractivity contribution in [1.82, 2.24) is 15.0 Å². The SMILES string of the molecule is NNc1nc(NCC2CC(O)C2)nc(N2CCCC2)n1. The number of anilines is 3. The van der Waals surface area contributed by atoms with Crippen molar-refractivity contribution >= 4 is 17.8 Å². The van der Waals surface area contributed by atoms with E-state index in [2.05, 4.69) is 30.6 Å². The molecule has 0 amide bonds. The van der Waals surface area contributed by atoms with E-state index < -0.39 is 0 Å². The Hall–Kier alpha value is -1.67. The average Bonchev–Trinajstić information content (AvgIpc) is 2.96. The lowest BCUT2D eigenvalue weighted by Crippen LogP contribution is -2.33. The summed E-state index contributed by atoms with van der Waals surface area (Å²) in [6.07, 6.45) is 3.89. The van der Waals surface area contributed by atoms with Crippen molar-refractivity contribution in [1.29, 1.82) is 0 Å². The van der Waals surface area contributed by atoms with Crippen LogP contribution >= 0.6 is 0 Å². The van der Waals surface area contributed by atoms with Gasteiger partial charge in [0.2, 0.25) is 17.8 Å². The third-order valence-electron chi connectivity index (χ3n) is 3.90. The summed E-state index contributed by atoms with van der Waals surface area (Å²) in [6.45, 7) is 2.72. The van der Waals surface area contributed by atoms with Crippen LogP contribution in [-0.4, -0.2) is 45.8 Å². The Morgan fingerprint density at radius 3 is 2.50 bits per heavy atom. The summed E-state index contributed by atoms with van der Waals surface area (Å²) in [5, 5.41) is 12.5. The second-order valence-electron chi connectivity index (χ2n) is 5.49. The van der Waals surface area contributed by atoms with Gasteiger partial charge in [0.1, 0.15) is 0 Å². The van der Waals surface area contributed by atoms with E-state index in [1.807, 2.05) is 0 Å². The number of hydrogen-bond acceptors (Lipinski definition) is 8. The van der Waals surface area contributed by atoms with E-state index in [4.69, 9.17) is 5.84 Å². The van der Waals surface area contributed by atoms with Gasteiger partial charge in [0, 0.05) is 19.6 Å². The van der Waals surface area contributed by atoms with E-state index in [9.17, 15) is 5.11 Å². The Bertz CT molecular complexity index is 457. The van der Waals surface area contributed by atoms with Gasteiger partial charge < -0.3 is 15.3 Å². The Kier molecular flexibility index (Phi) is 3.83. The highest BCUT2D eigenvalue weighted by Crippen LogP contribution is 2.27. The average molecular weight is 279 g/mol. The Morgan fingerprint density at radius 1 is 1.15 bits per heavy atom. The molecule has 1 aliphatic heterocycles. The molecule has 1 saturated heterocycles. The highest BCUT2D eigenvalue weighted by Gasteiger charge is 2.27. The van der Waals surface area contributed by atoms with Gasteiger partial charge in [-0.3, -0.25) is 5.43 Å². The molecule has 0 radical (unpaired) electrons. The highest BCUT2D eigenvalue weighted by molar-refractivity contribution is 5.43. The standard InChI is InChI=1S/C12H21N7O/c13-18-11-15-10(14-7-8-5-9(20)6-8)16-12(17-11)19-3-1-2-4-19/h8-9,20H,1-7,13H2,(H2,14,15,16,17,18). The number of nitrogens with zero attached hydrogens (tertiary/aromatic N) is 4. The van der Waals surface area contributed by atoms with Gasteiger partial charge in [0.05, 0.1) is 6.10 Å². The second kappa shape index (κ2) is 5.76. The fourth-order valence-electron chi connectivity index (χ4n) is 2.67. The van der Waals surface area contributed by atoms with Gasteiger partial charge in [-0.05, 0) is 31.6 Å². The second-order valence-corrected chi connectivity index (χ2v) is 5.49. The van der Waals surface area contributed by atoms with E-state index in [0.717, 1.165) is 32.5 Å². The number of aliphatic hydroxyl groups is 1. The van der Waals surface area contributed by atoms with Crippen molar-refractivity contribution in [3.63, 3.8) is 0 Å². The van der Waals surface area contributed by atoms with Gasteiger partial charge >= 0.3 is 0 Å². The molecule has 0 spiro atoms. The predicted molar refractivity (Wildman–Crippen MR) is 76.3 cm³/mol. The molecule has 1 aromatic heterocycles. The number of nitrogens with one attached hydrogen (secondary N) is 2. The van der Waals surface area contributed by atoms with E-state index >= 15 is 0 Å². The summed E-state index contributed by atoms with van der Waals surface area (Å²) in [6, 6.07) is 0. The Labute approximate surface area is 117 Å². The van der Waals surface area contributed by atoms with Crippen molar-refractivity contribution in [2.45, 2.75) is 31.8 Å². The topological polar surface area (TPSA) is 112 Å². The summed E-state index contributed by atoms with van der Waals surface area (Å²) < 4.78 is 0. The summed E-state index contributed by atoms with van der Waals surface area (Å²) in [5.74, 6) is 7.49. The van der Waals surface area contributed by atoms with Crippen LogP contribution in [0.5, 0.6) is 0 Å². The highest BCUT2D eigenvalue weighted by atomic mass is 16.3. The lowest BCUT2D eigenvalue weighted by atomic mass is 9.82. The van der Waals surface area contributed by atoms with Crippen molar-refractivity contribution in [3.8, 4) is 0 Å². The molecule has 110 valence electrons. The monoisotopic (exact) mass is 279 g/mol. The molecule has 20 heavy (non-hydrogen) atoms. The molecule has 1 aliphatic carbocycles. The molecule has 8 nitrogen and oxygen atoms in total. The molecule has 2 fully saturated rings. The summed E-state index contributed by atoms with van der Waals surface area (Å²) in [5.41, 5.74) is 2.49. The number of hydrazine groups is 1.